The van der Waals surface area contributed by atoms with E-state index in [2.05, 4.69) is 20.4 Å². The van der Waals surface area contributed by atoms with Gasteiger partial charge >= 0.3 is 0 Å². The van der Waals surface area contributed by atoms with E-state index < -0.39 is 0 Å². The van der Waals surface area contributed by atoms with E-state index in [0.29, 0.717) is 37.1 Å². The van der Waals surface area contributed by atoms with Crippen molar-refractivity contribution in [2.75, 3.05) is 0 Å². The second kappa shape index (κ2) is 6.32. The van der Waals surface area contributed by atoms with Gasteiger partial charge in [0, 0.05) is 6.42 Å². The lowest BCUT2D eigenvalue weighted by molar-refractivity contribution is 0.357. The van der Waals surface area contributed by atoms with Crippen LogP contribution in [0, 0.1) is 6.92 Å². The molecule has 6 nitrogen and oxygen atoms in total. The van der Waals surface area contributed by atoms with Gasteiger partial charge in [0.1, 0.15) is 5.76 Å². The maximum atomic E-state index is 5.37. The van der Waals surface area contributed by atoms with Crippen molar-refractivity contribution in [1.82, 2.24) is 20.4 Å². The van der Waals surface area contributed by atoms with Gasteiger partial charge in [-0.2, -0.15) is 4.98 Å². The van der Waals surface area contributed by atoms with Gasteiger partial charge in [0.2, 0.25) is 11.8 Å². The third kappa shape index (κ3) is 3.76. The molecule has 3 aromatic rings. The van der Waals surface area contributed by atoms with Crippen LogP contribution in [0.15, 0.2) is 45.5 Å². The molecule has 0 atom stereocenters. The molecule has 2 heterocycles. The Hall–Kier alpha value is -2.47. The Bertz CT molecular complexity index is 691. The second-order valence-corrected chi connectivity index (χ2v) is 4.73. The zero-order valence-corrected chi connectivity index (χ0v) is 11.7. The monoisotopic (exact) mass is 284 g/mol. The van der Waals surface area contributed by atoms with Gasteiger partial charge < -0.3 is 8.94 Å². The molecule has 1 aromatic carbocycles. The van der Waals surface area contributed by atoms with Crippen molar-refractivity contribution in [3.63, 3.8) is 0 Å². The summed E-state index contributed by atoms with van der Waals surface area (Å²) >= 11 is 0. The maximum absolute atomic E-state index is 5.37. The van der Waals surface area contributed by atoms with E-state index in [-0.39, 0.29) is 0 Å². The number of nitrogens with one attached hydrogen (secondary N) is 1. The molecule has 0 unspecified atom stereocenters. The minimum absolute atomic E-state index is 0.489. The summed E-state index contributed by atoms with van der Waals surface area (Å²) in [6.07, 6.45) is 2.37. The van der Waals surface area contributed by atoms with Gasteiger partial charge in [0.05, 0.1) is 19.3 Å². The van der Waals surface area contributed by atoms with Crippen LogP contribution in [-0.4, -0.2) is 15.1 Å². The highest BCUT2D eigenvalue weighted by atomic mass is 16.5. The molecule has 2 aromatic heterocycles. The molecule has 3 rings (SSSR count). The summed E-state index contributed by atoms with van der Waals surface area (Å²) in [5.74, 6) is 2.69. The van der Waals surface area contributed by atoms with Crippen LogP contribution >= 0.6 is 0 Å². The van der Waals surface area contributed by atoms with Crippen molar-refractivity contribution >= 4 is 0 Å². The van der Waals surface area contributed by atoms with E-state index in [1.807, 2.05) is 37.3 Å². The van der Waals surface area contributed by atoms with Gasteiger partial charge in [-0.25, -0.2) is 4.98 Å². The highest BCUT2D eigenvalue weighted by Gasteiger charge is 2.07. The molecule has 0 fully saturated rings. The first-order valence-corrected chi connectivity index (χ1v) is 6.77. The summed E-state index contributed by atoms with van der Waals surface area (Å²) in [6, 6.07) is 10.1. The zero-order valence-electron chi connectivity index (χ0n) is 11.7. The first-order valence-electron chi connectivity index (χ1n) is 6.77. The number of nitrogens with zero attached hydrogens (tertiary/aromatic N) is 3. The van der Waals surface area contributed by atoms with Crippen LogP contribution in [0.4, 0.5) is 0 Å². The van der Waals surface area contributed by atoms with Crippen LogP contribution in [0.2, 0.25) is 0 Å². The quantitative estimate of drug-likeness (QED) is 0.748. The summed E-state index contributed by atoms with van der Waals surface area (Å²) in [7, 11) is 0. The average molecular weight is 284 g/mol. The van der Waals surface area contributed by atoms with E-state index >= 15 is 0 Å². The fourth-order valence-electron chi connectivity index (χ4n) is 1.97. The molecular formula is C15H16N4O2. The topological polar surface area (TPSA) is 77.0 Å². The largest absolute Gasteiger partial charge is 0.445 e. The van der Waals surface area contributed by atoms with Gasteiger partial charge in [-0.3, -0.25) is 5.32 Å². The highest BCUT2D eigenvalue weighted by molar-refractivity contribution is 5.18. The number of hydrogen-bond acceptors (Lipinski definition) is 6. The van der Waals surface area contributed by atoms with Crippen molar-refractivity contribution in [2.24, 2.45) is 0 Å². The smallest absolute Gasteiger partial charge is 0.240 e. The maximum Gasteiger partial charge on any atom is 0.240 e. The fourth-order valence-corrected chi connectivity index (χ4v) is 1.97. The SMILES string of the molecule is Cc1cnc(CNCc2nc(Cc3ccccc3)no2)o1. The fraction of sp³-hybridized carbons (Fsp3) is 0.267. The Morgan fingerprint density at radius 2 is 1.90 bits per heavy atom. The van der Waals surface area contributed by atoms with Gasteiger partial charge in [-0.05, 0) is 12.5 Å². The average Bonchev–Trinajstić information content (AvgIpc) is 3.10. The van der Waals surface area contributed by atoms with Crippen molar-refractivity contribution in [2.45, 2.75) is 26.4 Å². The predicted octanol–water partition coefficient (Wildman–Crippen LogP) is 2.25. The Balaban J connectivity index is 1.51. The van der Waals surface area contributed by atoms with Crippen LogP contribution in [0.1, 0.15) is 28.9 Å². The summed E-state index contributed by atoms with van der Waals surface area (Å²) in [4.78, 5) is 8.46. The summed E-state index contributed by atoms with van der Waals surface area (Å²) in [5.41, 5.74) is 1.16. The standard InChI is InChI=1S/C15H16N4O2/c1-11-8-17-14(20-11)9-16-10-15-18-13(19-21-15)7-12-5-3-2-4-6-12/h2-6,8,16H,7,9-10H2,1H3. The first kappa shape index (κ1) is 13.5. The predicted molar refractivity (Wildman–Crippen MR) is 75.3 cm³/mol. The molecule has 1 N–H and O–H groups in total. The van der Waals surface area contributed by atoms with Crippen molar-refractivity contribution in [3.05, 3.63) is 65.5 Å². The van der Waals surface area contributed by atoms with Crippen LogP contribution < -0.4 is 5.32 Å². The summed E-state index contributed by atoms with van der Waals surface area (Å²) < 4.78 is 10.6. The lowest BCUT2D eigenvalue weighted by atomic mass is 10.1. The Morgan fingerprint density at radius 3 is 2.67 bits per heavy atom. The summed E-state index contributed by atoms with van der Waals surface area (Å²) in [6.45, 7) is 2.89. The Morgan fingerprint density at radius 1 is 1.10 bits per heavy atom. The molecule has 0 saturated carbocycles. The minimum atomic E-state index is 0.489. The molecule has 0 spiro atoms. The van der Waals surface area contributed by atoms with Gasteiger partial charge in [0.25, 0.3) is 0 Å². The normalized spacial score (nSPS) is 10.9. The molecular weight excluding hydrogens is 268 g/mol. The molecule has 21 heavy (non-hydrogen) atoms. The molecule has 0 aliphatic heterocycles. The van der Waals surface area contributed by atoms with E-state index in [9.17, 15) is 0 Å². The molecule has 0 aliphatic carbocycles. The molecule has 6 heteroatoms. The number of hydrogen-bond donors (Lipinski definition) is 1. The number of aromatic nitrogens is 3. The van der Waals surface area contributed by atoms with Crippen molar-refractivity contribution < 1.29 is 8.94 Å². The van der Waals surface area contributed by atoms with Crippen LogP contribution in [0.3, 0.4) is 0 Å². The molecule has 0 radical (unpaired) electrons. The van der Waals surface area contributed by atoms with E-state index in [1.165, 1.54) is 0 Å². The van der Waals surface area contributed by atoms with E-state index in [4.69, 9.17) is 8.94 Å². The van der Waals surface area contributed by atoms with E-state index in [1.54, 1.807) is 6.20 Å². The third-order valence-electron chi connectivity index (χ3n) is 2.94. The molecule has 0 aliphatic rings. The number of oxazole rings is 1. The Kier molecular flexibility index (Phi) is 4.07. The molecule has 0 amide bonds. The van der Waals surface area contributed by atoms with Crippen LogP contribution in [0.5, 0.6) is 0 Å². The highest BCUT2D eigenvalue weighted by Crippen LogP contribution is 2.07. The van der Waals surface area contributed by atoms with Gasteiger partial charge in [0.15, 0.2) is 5.82 Å². The van der Waals surface area contributed by atoms with Crippen LogP contribution in [0.25, 0.3) is 0 Å². The van der Waals surface area contributed by atoms with E-state index in [0.717, 1.165) is 11.3 Å². The zero-order chi connectivity index (χ0) is 14.5. The lowest BCUT2D eigenvalue weighted by Gasteiger charge is -1.96. The molecule has 0 bridgehead atoms. The van der Waals surface area contributed by atoms with Crippen LogP contribution in [-0.2, 0) is 19.5 Å². The van der Waals surface area contributed by atoms with Crippen molar-refractivity contribution in [1.29, 1.82) is 0 Å². The number of aryl methyl sites for hydroxylation is 1. The van der Waals surface area contributed by atoms with Crippen molar-refractivity contribution in [3.8, 4) is 0 Å². The number of benzene rings is 1. The third-order valence-corrected chi connectivity index (χ3v) is 2.94. The minimum Gasteiger partial charge on any atom is -0.445 e. The summed E-state index contributed by atoms with van der Waals surface area (Å²) in [5, 5.41) is 7.13. The first-order chi connectivity index (χ1) is 10.3. The second-order valence-electron chi connectivity index (χ2n) is 4.73. The molecule has 0 saturated heterocycles. The van der Waals surface area contributed by atoms with Gasteiger partial charge in [-0.1, -0.05) is 35.5 Å². The van der Waals surface area contributed by atoms with Gasteiger partial charge in [-0.15, -0.1) is 0 Å². The number of rotatable bonds is 6. The lowest BCUT2D eigenvalue weighted by Crippen LogP contribution is -2.13. The molecule has 108 valence electrons. The Labute approximate surface area is 122 Å².